The zero-order chi connectivity index (χ0) is 18.9. The third kappa shape index (κ3) is 4.20. The highest BCUT2D eigenvalue weighted by Gasteiger charge is 2.34. The van der Waals surface area contributed by atoms with Crippen molar-refractivity contribution < 1.29 is 23.1 Å². The summed E-state index contributed by atoms with van der Waals surface area (Å²) in [4.78, 5) is 16.2. The lowest BCUT2D eigenvalue weighted by Gasteiger charge is -2.10. The van der Waals surface area contributed by atoms with E-state index in [0.29, 0.717) is 5.56 Å². The first-order valence-electron chi connectivity index (χ1n) is 7.18. The minimum absolute atomic E-state index is 0.0350. The molecule has 1 amide bonds. The molecule has 0 atom stereocenters. The molecule has 1 aliphatic heterocycles. The molecule has 2 aromatic rings. The lowest BCUT2D eigenvalue weighted by molar-refractivity contribution is -0.137. The van der Waals surface area contributed by atoms with Crippen LogP contribution in [0.25, 0.3) is 6.08 Å². The summed E-state index contributed by atoms with van der Waals surface area (Å²) in [7, 11) is 0. The predicted octanol–water partition coefficient (Wildman–Crippen LogP) is 4.96. The van der Waals surface area contributed by atoms with Crippen LogP contribution >= 0.6 is 23.4 Å². The number of nitrogens with one attached hydrogen (secondary N) is 1. The monoisotopic (exact) mass is 398 g/mol. The molecule has 0 radical (unpaired) electrons. The van der Waals surface area contributed by atoms with Gasteiger partial charge in [0.05, 0.1) is 16.2 Å². The van der Waals surface area contributed by atoms with Crippen LogP contribution in [0.15, 0.2) is 52.4 Å². The molecule has 3 rings (SSSR count). The van der Waals surface area contributed by atoms with Crippen LogP contribution in [0.5, 0.6) is 5.75 Å². The second-order valence-electron chi connectivity index (χ2n) is 5.23. The second-order valence-corrected chi connectivity index (χ2v) is 6.70. The molecule has 9 heteroatoms. The van der Waals surface area contributed by atoms with Gasteiger partial charge in [-0.25, -0.2) is 4.99 Å². The number of hydrogen-bond donors (Lipinski definition) is 2. The van der Waals surface area contributed by atoms with E-state index in [1.165, 1.54) is 18.2 Å². The normalized spacial score (nSPS) is 17.8. The van der Waals surface area contributed by atoms with E-state index in [1.807, 2.05) is 0 Å². The van der Waals surface area contributed by atoms with Gasteiger partial charge >= 0.3 is 6.18 Å². The predicted molar refractivity (Wildman–Crippen MR) is 95.4 cm³/mol. The van der Waals surface area contributed by atoms with E-state index in [0.717, 1.165) is 23.9 Å². The highest BCUT2D eigenvalue weighted by atomic mass is 35.5. The van der Waals surface area contributed by atoms with Gasteiger partial charge in [-0.05, 0) is 53.7 Å². The Morgan fingerprint density at radius 2 is 1.85 bits per heavy atom. The zero-order valence-corrected chi connectivity index (χ0v) is 14.4. The highest BCUT2D eigenvalue weighted by molar-refractivity contribution is 8.18. The molecule has 0 bridgehead atoms. The van der Waals surface area contributed by atoms with E-state index in [9.17, 15) is 23.1 Å². The summed E-state index contributed by atoms with van der Waals surface area (Å²) in [6.07, 6.45) is -3.07. The van der Waals surface area contributed by atoms with Crippen LogP contribution in [-0.2, 0) is 11.0 Å². The van der Waals surface area contributed by atoms with Gasteiger partial charge in [-0.1, -0.05) is 23.7 Å². The van der Waals surface area contributed by atoms with E-state index < -0.39 is 17.6 Å². The summed E-state index contributed by atoms with van der Waals surface area (Å²) in [5.74, 6) is -0.385. The Morgan fingerprint density at radius 3 is 2.50 bits per heavy atom. The van der Waals surface area contributed by atoms with Crippen molar-refractivity contribution in [2.24, 2.45) is 4.99 Å². The molecule has 0 aliphatic carbocycles. The van der Waals surface area contributed by atoms with Crippen molar-refractivity contribution in [3.05, 3.63) is 63.5 Å². The van der Waals surface area contributed by atoms with Crippen LogP contribution in [0.4, 0.5) is 18.9 Å². The zero-order valence-electron chi connectivity index (χ0n) is 12.8. The van der Waals surface area contributed by atoms with Gasteiger partial charge in [-0.2, -0.15) is 13.2 Å². The largest absolute Gasteiger partial charge is 0.508 e. The van der Waals surface area contributed by atoms with Crippen LogP contribution in [-0.4, -0.2) is 16.2 Å². The SMILES string of the molecule is O=C1NC(=Nc2ccc(Cl)cc2C(F)(F)F)S/C1=C\c1ccc(O)cc1. The van der Waals surface area contributed by atoms with E-state index >= 15 is 0 Å². The Bertz CT molecular complexity index is 925. The molecule has 134 valence electrons. The Morgan fingerprint density at radius 1 is 1.15 bits per heavy atom. The summed E-state index contributed by atoms with van der Waals surface area (Å²) in [6, 6.07) is 9.36. The van der Waals surface area contributed by atoms with Crippen molar-refractivity contribution in [3.63, 3.8) is 0 Å². The molecule has 0 unspecified atom stereocenters. The molecule has 4 nitrogen and oxygen atoms in total. The Balaban J connectivity index is 1.90. The first kappa shape index (κ1) is 18.3. The van der Waals surface area contributed by atoms with Gasteiger partial charge in [0.1, 0.15) is 5.75 Å². The van der Waals surface area contributed by atoms with Gasteiger partial charge in [-0.15, -0.1) is 0 Å². The van der Waals surface area contributed by atoms with Gasteiger partial charge in [0.25, 0.3) is 5.91 Å². The van der Waals surface area contributed by atoms with Crippen LogP contribution in [0.2, 0.25) is 5.02 Å². The topological polar surface area (TPSA) is 61.7 Å². The number of rotatable bonds is 2. The van der Waals surface area contributed by atoms with Gasteiger partial charge in [-0.3, -0.25) is 4.79 Å². The number of nitrogens with zero attached hydrogens (tertiary/aromatic N) is 1. The number of amides is 1. The first-order valence-corrected chi connectivity index (χ1v) is 8.37. The molecule has 0 saturated carbocycles. The minimum Gasteiger partial charge on any atom is -0.508 e. The number of hydrogen-bond acceptors (Lipinski definition) is 4. The molecule has 2 N–H and O–H groups in total. The molecular formula is C17H10ClF3N2O2S. The molecule has 1 aliphatic rings. The number of halogens is 4. The second kappa shape index (κ2) is 7.05. The number of alkyl halides is 3. The van der Waals surface area contributed by atoms with Crippen LogP contribution in [0, 0.1) is 0 Å². The molecule has 1 fully saturated rings. The number of benzene rings is 2. The van der Waals surface area contributed by atoms with Crippen LogP contribution in [0.3, 0.4) is 0 Å². The summed E-state index contributed by atoms with van der Waals surface area (Å²) in [6.45, 7) is 0. The van der Waals surface area contributed by atoms with Crippen molar-refractivity contribution in [2.75, 3.05) is 0 Å². The first-order chi connectivity index (χ1) is 12.2. The van der Waals surface area contributed by atoms with E-state index in [1.54, 1.807) is 18.2 Å². The van der Waals surface area contributed by atoms with Crippen molar-refractivity contribution in [2.45, 2.75) is 6.18 Å². The molecule has 0 aromatic heterocycles. The molecule has 0 spiro atoms. The Labute approximate surface area is 155 Å². The molecular weight excluding hydrogens is 389 g/mol. The number of phenolic OH excluding ortho intramolecular Hbond substituents is 1. The number of phenols is 1. The summed E-state index contributed by atoms with van der Waals surface area (Å²) >= 11 is 6.56. The highest BCUT2D eigenvalue weighted by Crippen LogP contribution is 2.39. The van der Waals surface area contributed by atoms with E-state index in [-0.39, 0.29) is 26.5 Å². The molecule has 2 aromatic carbocycles. The average molecular weight is 399 g/mol. The molecule has 26 heavy (non-hydrogen) atoms. The smallest absolute Gasteiger partial charge is 0.418 e. The van der Waals surface area contributed by atoms with Crippen molar-refractivity contribution in [3.8, 4) is 5.75 Å². The van der Waals surface area contributed by atoms with E-state index in [2.05, 4.69) is 10.3 Å². The lowest BCUT2D eigenvalue weighted by atomic mass is 10.2. The van der Waals surface area contributed by atoms with Crippen LogP contribution in [0.1, 0.15) is 11.1 Å². The fourth-order valence-corrected chi connectivity index (χ4v) is 3.15. The number of thioether (sulfide) groups is 1. The fraction of sp³-hybridized carbons (Fsp3) is 0.0588. The van der Waals surface area contributed by atoms with Crippen LogP contribution < -0.4 is 5.32 Å². The van der Waals surface area contributed by atoms with Crippen molar-refractivity contribution >= 4 is 46.2 Å². The number of amidine groups is 1. The molecule has 1 heterocycles. The maximum absolute atomic E-state index is 13.1. The average Bonchev–Trinajstić information content (AvgIpc) is 2.90. The number of aromatic hydroxyl groups is 1. The van der Waals surface area contributed by atoms with Gasteiger partial charge in [0.2, 0.25) is 0 Å². The summed E-state index contributed by atoms with van der Waals surface area (Å²) in [5, 5.41) is 11.7. The summed E-state index contributed by atoms with van der Waals surface area (Å²) in [5.41, 5.74) is -0.664. The number of carbonyl (C=O) groups is 1. The Kier molecular flexibility index (Phi) is 4.97. The Hall–Kier alpha value is -2.45. The minimum atomic E-state index is -4.62. The number of aliphatic imine (C=N–C) groups is 1. The number of carbonyl (C=O) groups excluding carboxylic acids is 1. The molecule has 1 saturated heterocycles. The van der Waals surface area contributed by atoms with Crippen molar-refractivity contribution in [1.29, 1.82) is 0 Å². The van der Waals surface area contributed by atoms with Gasteiger partial charge < -0.3 is 10.4 Å². The third-order valence-corrected chi connectivity index (χ3v) is 4.47. The maximum Gasteiger partial charge on any atom is 0.418 e. The fourth-order valence-electron chi connectivity index (χ4n) is 2.14. The standard InChI is InChI=1S/C17H10ClF3N2O2S/c18-10-3-6-13(12(8-10)17(19,20)21)22-16-23-15(25)14(26-16)7-9-1-4-11(24)5-2-9/h1-8,24H,(H,22,23,25)/b14-7-. The quantitative estimate of drug-likeness (QED) is 0.703. The van der Waals surface area contributed by atoms with Crippen molar-refractivity contribution in [1.82, 2.24) is 5.32 Å². The summed E-state index contributed by atoms with van der Waals surface area (Å²) < 4.78 is 39.4. The van der Waals surface area contributed by atoms with Gasteiger partial charge in [0.15, 0.2) is 5.17 Å². The van der Waals surface area contributed by atoms with E-state index in [4.69, 9.17) is 11.6 Å². The van der Waals surface area contributed by atoms with Gasteiger partial charge in [0, 0.05) is 5.02 Å². The third-order valence-electron chi connectivity index (χ3n) is 3.33. The lowest BCUT2D eigenvalue weighted by Crippen LogP contribution is -2.19. The maximum atomic E-state index is 13.1.